The molecular weight excluding hydrogens is 222 g/mol. The third-order valence-electron chi connectivity index (χ3n) is 2.26. The van der Waals surface area contributed by atoms with Gasteiger partial charge in [-0.15, -0.1) is 0 Å². The summed E-state index contributed by atoms with van der Waals surface area (Å²) in [6.07, 6.45) is 0.113. The molecule has 1 atom stereocenters. The van der Waals surface area contributed by atoms with E-state index in [1.807, 2.05) is 26.0 Å². The highest BCUT2D eigenvalue weighted by Gasteiger charge is 2.08. The Kier molecular flexibility index (Phi) is 4.64. The van der Waals surface area contributed by atoms with E-state index in [0.29, 0.717) is 11.5 Å². The highest BCUT2D eigenvalue weighted by atomic mass is 32.1. The summed E-state index contributed by atoms with van der Waals surface area (Å²) in [5.41, 5.74) is 7.31. The summed E-state index contributed by atoms with van der Waals surface area (Å²) in [6, 6.07) is 3.77. The number of hydrogen-bond donors (Lipinski definition) is 2. The lowest BCUT2D eigenvalue weighted by molar-refractivity contribution is 0.128. The number of hydrogen-bond acceptors (Lipinski definition) is 4. The molecule has 5 heteroatoms. The van der Waals surface area contributed by atoms with Crippen LogP contribution in [0.25, 0.3) is 0 Å². The van der Waals surface area contributed by atoms with Gasteiger partial charge in [-0.1, -0.05) is 12.2 Å². The Balaban J connectivity index is 2.84. The number of thiocarbonyl (C=S) groups is 1. The molecule has 0 aliphatic heterocycles. The Hall–Kier alpha value is -1.20. The van der Waals surface area contributed by atoms with Gasteiger partial charge in [0.2, 0.25) is 0 Å². The molecule has 16 heavy (non-hydrogen) atoms. The molecule has 1 aromatic heterocycles. The number of aryl methyl sites for hydroxylation is 1. The van der Waals surface area contributed by atoms with Crippen LogP contribution in [0.5, 0.6) is 0 Å². The smallest absolute Gasteiger partial charge is 0.136 e. The fourth-order valence-corrected chi connectivity index (χ4v) is 1.38. The average molecular weight is 239 g/mol. The van der Waals surface area contributed by atoms with Crippen LogP contribution in [0.15, 0.2) is 12.1 Å². The minimum atomic E-state index is 0.113. The summed E-state index contributed by atoms with van der Waals surface area (Å²) in [4.78, 5) is 4.71. The van der Waals surface area contributed by atoms with Crippen molar-refractivity contribution in [3.8, 4) is 0 Å². The van der Waals surface area contributed by atoms with E-state index in [2.05, 4.69) is 10.3 Å². The van der Waals surface area contributed by atoms with Gasteiger partial charge in [0.15, 0.2) is 0 Å². The summed E-state index contributed by atoms with van der Waals surface area (Å²) >= 11 is 4.97. The zero-order valence-corrected chi connectivity index (χ0v) is 10.6. The second-order valence-electron chi connectivity index (χ2n) is 3.64. The summed E-state index contributed by atoms with van der Waals surface area (Å²) in [5.74, 6) is 0.719. The first-order chi connectivity index (χ1) is 7.54. The number of nitrogens with zero attached hydrogens (tertiary/aromatic N) is 1. The number of methoxy groups -OCH3 is 1. The van der Waals surface area contributed by atoms with Crippen LogP contribution >= 0.6 is 12.2 Å². The molecule has 0 aliphatic carbocycles. The molecule has 1 unspecified atom stereocenters. The SMILES string of the molecule is COC(C)CNc1nc(C)ccc1C(N)=S. The predicted molar refractivity (Wildman–Crippen MR) is 69.8 cm³/mol. The third-order valence-corrected chi connectivity index (χ3v) is 2.48. The van der Waals surface area contributed by atoms with Crippen LogP contribution in [0.4, 0.5) is 5.82 Å². The Bertz CT molecular complexity index is 381. The number of rotatable bonds is 5. The maximum atomic E-state index is 5.62. The fraction of sp³-hybridized carbons (Fsp3) is 0.455. The third kappa shape index (κ3) is 3.43. The van der Waals surface area contributed by atoms with E-state index in [-0.39, 0.29) is 6.10 Å². The minimum absolute atomic E-state index is 0.113. The summed E-state index contributed by atoms with van der Waals surface area (Å²) < 4.78 is 5.15. The van der Waals surface area contributed by atoms with Crippen LogP contribution in [-0.2, 0) is 4.74 Å². The van der Waals surface area contributed by atoms with Gasteiger partial charge in [0.05, 0.1) is 11.7 Å². The van der Waals surface area contributed by atoms with Crippen molar-refractivity contribution in [3.05, 3.63) is 23.4 Å². The standard InChI is InChI=1S/C11H17N3OS/c1-7-4-5-9(10(12)16)11(14-7)13-6-8(2)15-3/h4-5,8H,6H2,1-3H3,(H2,12,16)(H,13,14). The highest BCUT2D eigenvalue weighted by molar-refractivity contribution is 7.80. The van der Waals surface area contributed by atoms with E-state index in [9.17, 15) is 0 Å². The molecular formula is C11H17N3OS. The number of nitrogens with two attached hydrogens (primary N) is 1. The molecule has 0 amide bonds. The van der Waals surface area contributed by atoms with Gasteiger partial charge < -0.3 is 15.8 Å². The Morgan fingerprint density at radius 3 is 2.88 bits per heavy atom. The van der Waals surface area contributed by atoms with Gasteiger partial charge in [0, 0.05) is 19.3 Å². The van der Waals surface area contributed by atoms with Crippen LogP contribution in [0.1, 0.15) is 18.2 Å². The molecule has 0 radical (unpaired) electrons. The lowest BCUT2D eigenvalue weighted by Gasteiger charge is -2.14. The van der Waals surface area contributed by atoms with Crippen LogP contribution in [0.2, 0.25) is 0 Å². The van der Waals surface area contributed by atoms with E-state index >= 15 is 0 Å². The average Bonchev–Trinajstić information content (AvgIpc) is 2.25. The van der Waals surface area contributed by atoms with E-state index in [0.717, 1.165) is 17.1 Å². The first-order valence-electron chi connectivity index (χ1n) is 5.08. The van der Waals surface area contributed by atoms with Gasteiger partial charge in [-0.3, -0.25) is 0 Å². The van der Waals surface area contributed by atoms with Gasteiger partial charge in [0.1, 0.15) is 10.8 Å². The molecule has 3 N–H and O–H groups in total. The van der Waals surface area contributed by atoms with E-state index in [1.165, 1.54) is 0 Å². The molecule has 1 heterocycles. The number of nitrogens with one attached hydrogen (secondary N) is 1. The second kappa shape index (κ2) is 5.77. The topological polar surface area (TPSA) is 60.2 Å². The molecule has 88 valence electrons. The lowest BCUT2D eigenvalue weighted by Crippen LogP contribution is -2.21. The molecule has 0 saturated carbocycles. The Morgan fingerprint density at radius 1 is 1.62 bits per heavy atom. The number of anilines is 1. The zero-order chi connectivity index (χ0) is 12.1. The molecule has 1 aromatic rings. The van der Waals surface area contributed by atoms with Crippen LogP contribution in [0, 0.1) is 6.92 Å². The molecule has 0 fully saturated rings. The van der Waals surface area contributed by atoms with Gasteiger partial charge >= 0.3 is 0 Å². The van der Waals surface area contributed by atoms with Crippen molar-refractivity contribution in [2.24, 2.45) is 5.73 Å². The quantitative estimate of drug-likeness (QED) is 0.762. The fourth-order valence-electron chi connectivity index (χ4n) is 1.21. The molecule has 1 rings (SSSR count). The molecule has 0 spiro atoms. The molecule has 4 nitrogen and oxygen atoms in total. The summed E-state index contributed by atoms with van der Waals surface area (Å²) in [6.45, 7) is 4.57. The summed E-state index contributed by atoms with van der Waals surface area (Å²) in [5, 5.41) is 3.18. The maximum Gasteiger partial charge on any atom is 0.136 e. The highest BCUT2D eigenvalue weighted by Crippen LogP contribution is 2.13. The minimum Gasteiger partial charge on any atom is -0.389 e. The maximum absolute atomic E-state index is 5.62. The molecule has 0 bridgehead atoms. The second-order valence-corrected chi connectivity index (χ2v) is 4.08. The van der Waals surface area contributed by atoms with Crippen LogP contribution in [0.3, 0.4) is 0 Å². The van der Waals surface area contributed by atoms with Crippen LogP contribution < -0.4 is 11.1 Å². The Labute approximate surface area is 101 Å². The van der Waals surface area contributed by atoms with Gasteiger partial charge in [-0.25, -0.2) is 4.98 Å². The molecule has 0 saturated heterocycles. The number of aromatic nitrogens is 1. The van der Waals surface area contributed by atoms with Crippen molar-refractivity contribution in [2.45, 2.75) is 20.0 Å². The van der Waals surface area contributed by atoms with Crippen molar-refractivity contribution < 1.29 is 4.74 Å². The van der Waals surface area contributed by atoms with Crippen molar-refractivity contribution >= 4 is 23.0 Å². The first kappa shape index (κ1) is 12.9. The number of ether oxygens (including phenoxy) is 1. The van der Waals surface area contributed by atoms with Gasteiger partial charge in [-0.2, -0.15) is 0 Å². The number of pyridine rings is 1. The van der Waals surface area contributed by atoms with E-state index in [1.54, 1.807) is 7.11 Å². The largest absolute Gasteiger partial charge is 0.389 e. The summed E-state index contributed by atoms with van der Waals surface area (Å²) in [7, 11) is 1.67. The Morgan fingerprint density at radius 2 is 2.31 bits per heavy atom. The van der Waals surface area contributed by atoms with Gasteiger partial charge in [0.25, 0.3) is 0 Å². The van der Waals surface area contributed by atoms with Crippen molar-refractivity contribution in [1.82, 2.24) is 4.98 Å². The van der Waals surface area contributed by atoms with E-state index < -0.39 is 0 Å². The lowest BCUT2D eigenvalue weighted by atomic mass is 10.2. The first-order valence-corrected chi connectivity index (χ1v) is 5.49. The molecule has 0 aromatic carbocycles. The van der Waals surface area contributed by atoms with Gasteiger partial charge in [-0.05, 0) is 26.0 Å². The predicted octanol–water partition coefficient (Wildman–Crippen LogP) is 1.47. The molecule has 0 aliphatic rings. The normalized spacial score (nSPS) is 12.2. The zero-order valence-electron chi connectivity index (χ0n) is 9.78. The van der Waals surface area contributed by atoms with Crippen LogP contribution in [-0.4, -0.2) is 29.7 Å². The monoisotopic (exact) mass is 239 g/mol. The van der Waals surface area contributed by atoms with Crippen molar-refractivity contribution in [2.75, 3.05) is 19.0 Å². The van der Waals surface area contributed by atoms with Crippen molar-refractivity contribution in [1.29, 1.82) is 0 Å². The van der Waals surface area contributed by atoms with E-state index in [4.69, 9.17) is 22.7 Å². The van der Waals surface area contributed by atoms with Crippen molar-refractivity contribution in [3.63, 3.8) is 0 Å².